The number of nitrogens with one attached hydrogen (secondary N) is 1. The first-order valence-corrected chi connectivity index (χ1v) is 12.0. The summed E-state index contributed by atoms with van der Waals surface area (Å²) in [6, 6.07) is 12.9. The van der Waals surface area contributed by atoms with Crippen molar-refractivity contribution in [1.82, 2.24) is 19.2 Å². The summed E-state index contributed by atoms with van der Waals surface area (Å²) in [7, 11) is -3.79. The molecular weight excluding hydrogens is 457 g/mol. The Labute approximate surface area is 189 Å². The average Bonchev–Trinajstić information content (AvgIpc) is 3.45. The molecule has 3 aromatic rings. The minimum absolute atomic E-state index is 0.0766. The Morgan fingerprint density at radius 1 is 1.06 bits per heavy atom. The molecule has 4 rings (SSSR count). The smallest absolute Gasteiger partial charge is 0.352 e. The molecule has 2 heterocycles. The van der Waals surface area contributed by atoms with Gasteiger partial charge >= 0.3 is 6.18 Å². The molecule has 1 N–H and O–H groups in total. The van der Waals surface area contributed by atoms with E-state index in [0.29, 0.717) is 13.1 Å². The first-order chi connectivity index (χ1) is 15.7. The number of nitrogens with zero attached hydrogens (tertiary/aromatic N) is 3. The fourth-order valence-corrected chi connectivity index (χ4v) is 5.43. The Morgan fingerprint density at radius 2 is 1.76 bits per heavy atom. The second-order valence-corrected chi connectivity index (χ2v) is 9.80. The van der Waals surface area contributed by atoms with Crippen molar-refractivity contribution in [2.24, 2.45) is 0 Å². The summed E-state index contributed by atoms with van der Waals surface area (Å²) in [6.45, 7) is 0.805. The lowest BCUT2D eigenvalue weighted by Crippen LogP contribution is -2.27. The quantitative estimate of drug-likeness (QED) is 0.561. The summed E-state index contributed by atoms with van der Waals surface area (Å²) >= 11 is 0. The number of fused-ring (bicyclic) bond motifs is 1. The van der Waals surface area contributed by atoms with Crippen molar-refractivity contribution in [3.63, 3.8) is 0 Å². The highest BCUT2D eigenvalue weighted by molar-refractivity contribution is 7.89. The number of carbonyl (C=O) groups excluding carboxylic acids is 1. The monoisotopic (exact) mass is 480 g/mol. The average molecular weight is 481 g/mol. The maximum Gasteiger partial charge on any atom is 0.449 e. The second-order valence-electron chi connectivity index (χ2n) is 7.86. The van der Waals surface area contributed by atoms with E-state index in [1.807, 2.05) is 30.3 Å². The normalized spacial score (nSPS) is 15.2. The lowest BCUT2D eigenvalue weighted by molar-refractivity contribution is -0.147. The van der Waals surface area contributed by atoms with Crippen LogP contribution in [0.25, 0.3) is 11.0 Å². The van der Waals surface area contributed by atoms with Crippen LogP contribution < -0.4 is 5.32 Å². The van der Waals surface area contributed by atoms with Crippen molar-refractivity contribution in [1.29, 1.82) is 0 Å². The van der Waals surface area contributed by atoms with Gasteiger partial charge in [-0.25, -0.2) is 13.4 Å². The number of aryl methyl sites for hydroxylation is 1. The standard InChI is InChI=1S/C22H23F3N4O3S/c23-22(24,25)21-27-18-14-17(33(31,32)28-11-4-5-12-28)8-9-19(18)29(21)13-10-20(30)26-15-16-6-2-1-3-7-16/h1-3,6-9,14H,4-5,10-13,15H2,(H,26,30). The van der Waals surface area contributed by atoms with Gasteiger partial charge in [-0.05, 0) is 36.6 Å². The Kier molecular flexibility index (Phi) is 6.44. The van der Waals surface area contributed by atoms with E-state index in [2.05, 4.69) is 10.3 Å². The number of aromatic nitrogens is 2. The molecule has 11 heteroatoms. The molecule has 1 aromatic heterocycles. The molecule has 0 saturated carbocycles. The second kappa shape index (κ2) is 9.14. The Balaban J connectivity index is 1.56. The van der Waals surface area contributed by atoms with Gasteiger partial charge in [-0.15, -0.1) is 0 Å². The Hall–Kier alpha value is -2.92. The van der Waals surface area contributed by atoms with E-state index in [1.165, 1.54) is 22.5 Å². The van der Waals surface area contributed by atoms with Crippen LogP contribution in [0.3, 0.4) is 0 Å². The maximum absolute atomic E-state index is 13.7. The van der Waals surface area contributed by atoms with Crippen molar-refractivity contribution in [3.05, 3.63) is 59.9 Å². The van der Waals surface area contributed by atoms with Gasteiger partial charge in [-0.2, -0.15) is 17.5 Å². The molecule has 0 atom stereocenters. The Morgan fingerprint density at radius 3 is 2.42 bits per heavy atom. The molecule has 0 spiro atoms. The van der Waals surface area contributed by atoms with Crippen LogP contribution in [-0.2, 0) is 34.1 Å². The molecule has 1 amide bonds. The lowest BCUT2D eigenvalue weighted by atomic mass is 10.2. The minimum Gasteiger partial charge on any atom is -0.352 e. The highest BCUT2D eigenvalue weighted by Gasteiger charge is 2.38. The number of alkyl halides is 3. The number of rotatable bonds is 7. The first-order valence-electron chi connectivity index (χ1n) is 10.5. The molecule has 1 fully saturated rings. The van der Waals surface area contributed by atoms with Crippen molar-refractivity contribution < 1.29 is 26.4 Å². The largest absolute Gasteiger partial charge is 0.449 e. The van der Waals surface area contributed by atoms with Gasteiger partial charge in [-0.3, -0.25) is 4.79 Å². The third kappa shape index (κ3) is 5.03. The molecule has 7 nitrogen and oxygen atoms in total. The third-order valence-electron chi connectivity index (χ3n) is 5.57. The molecule has 0 bridgehead atoms. The van der Waals surface area contributed by atoms with Gasteiger partial charge in [0.25, 0.3) is 0 Å². The zero-order valence-corrected chi connectivity index (χ0v) is 18.5. The van der Waals surface area contributed by atoms with Crippen molar-refractivity contribution in [2.45, 2.75) is 43.4 Å². The maximum atomic E-state index is 13.7. The molecule has 1 aliphatic heterocycles. The molecular formula is C22H23F3N4O3S. The number of sulfonamides is 1. The molecule has 2 aromatic carbocycles. The van der Waals surface area contributed by atoms with E-state index < -0.39 is 27.9 Å². The van der Waals surface area contributed by atoms with Gasteiger partial charge in [0.05, 0.1) is 15.9 Å². The summed E-state index contributed by atoms with van der Waals surface area (Å²) < 4.78 is 68.8. The SMILES string of the molecule is O=C(CCn1c(C(F)(F)F)nc2cc(S(=O)(=O)N3CCCC3)ccc21)NCc1ccccc1. The van der Waals surface area contributed by atoms with E-state index >= 15 is 0 Å². The fourth-order valence-electron chi connectivity index (χ4n) is 3.89. The number of hydrogen-bond acceptors (Lipinski definition) is 4. The van der Waals surface area contributed by atoms with Crippen LogP contribution in [0.2, 0.25) is 0 Å². The van der Waals surface area contributed by atoms with E-state index in [4.69, 9.17) is 0 Å². The molecule has 0 unspecified atom stereocenters. The number of benzene rings is 2. The first kappa shape index (κ1) is 23.2. The van der Waals surface area contributed by atoms with Gasteiger partial charge in [0.1, 0.15) is 0 Å². The third-order valence-corrected chi connectivity index (χ3v) is 7.47. The van der Waals surface area contributed by atoms with Gasteiger partial charge in [0.2, 0.25) is 21.8 Å². The van der Waals surface area contributed by atoms with Crippen LogP contribution in [0.15, 0.2) is 53.4 Å². The lowest BCUT2D eigenvalue weighted by Gasteiger charge is -2.15. The van der Waals surface area contributed by atoms with Crippen LogP contribution in [0.1, 0.15) is 30.7 Å². The molecule has 1 saturated heterocycles. The number of hydrogen-bond donors (Lipinski definition) is 1. The van der Waals surface area contributed by atoms with Gasteiger partial charge in [0, 0.05) is 32.6 Å². The van der Waals surface area contributed by atoms with E-state index in [0.717, 1.165) is 23.0 Å². The fraction of sp³-hybridized carbons (Fsp3) is 0.364. The van der Waals surface area contributed by atoms with E-state index in [9.17, 15) is 26.4 Å². The molecule has 176 valence electrons. The van der Waals surface area contributed by atoms with Gasteiger partial charge in [0.15, 0.2) is 0 Å². The van der Waals surface area contributed by atoms with Crippen molar-refractivity contribution in [3.8, 4) is 0 Å². The van der Waals surface area contributed by atoms with Crippen LogP contribution in [0, 0.1) is 0 Å². The summed E-state index contributed by atoms with van der Waals surface area (Å²) in [4.78, 5) is 15.8. The number of imidazole rings is 1. The van der Waals surface area contributed by atoms with Gasteiger partial charge in [-0.1, -0.05) is 30.3 Å². The van der Waals surface area contributed by atoms with Crippen LogP contribution in [-0.4, -0.2) is 41.3 Å². The topological polar surface area (TPSA) is 84.3 Å². The van der Waals surface area contributed by atoms with E-state index in [-0.39, 0.29) is 35.4 Å². The summed E-state index contributed by atoms with van der Waals surface area (Å²) in [5, 5.41) is 2.69. The highest BCUT2D eigenvalue weighted by Crippen LogP contribution is 2.33. The minimum atomic E-state index is -4.76. The number of carbonyl (C=O) groups is 1. The molecule has 33 heavy (non-hydrogen) atoms. The summed E-state index contributed by atoms with van der Waals surface area (Å²) in [6.07, 6.45) is -3.44. The van der Waals surface area contributed by atoms with Gasteiger partial charge < -0.3 is 9.88 Å². The highest BCUT2D eigenvalue weighted by atomic mass is 32.2. The molecule has 1 aliphatic rings. The van der Waals surface area contributed by atoms with Crippen LogP contribution in [0.5, 0.6) is 0 Å². The van der Waals surface area contributed by atoms with Crippen LogP contribution >= 0.6 is 0 Å². The zero-order chi connectivity index (χ0) is 23.6. The molecule has 0 aliphatic carbocycles. The predicted octanol–water partition coefficient (Wildman–Crippen LogP) is 3.55. The van der Waals surface area contributed by atoms with E-state index in [1.54, 1.807) is 0 Å². The summed E-state index contributed by atoms with van der Waals surface area (Å²) in [5.41, 5.74) is 0.924. The molecule has 0 radical (unpaired) electrons. The van der Waals surface area contributed by atoms with Crippen molar-refractivity contribution in [2.75, 3.05) is 13.1 Å². The van der Waals surface area contributed by atoms with Crippen LogP contribution in [0.4, 0.5) is 13.2 Å². The predicted molar refractivity (Wildman–Crippen MR) is 116 cm³/mol. The Bertz CT molecular complexity index is 1250. The van der Waals surface area contributed by atoms with Crippen molar-refractivity contribution >= 4 is 27.0 Å². The zero-order valence-electron chi connectivity index (χ0n) is 17.7. The summed E-state index contributed by atoms with van der Waals surface area (Å²) in [5.74, 6) is -1.56. The number of halogens is 3. The number of amides is 1.